The summed E-state index contributed by atoms with van der Waals surface area (Å²) in [5.41, 5.74) is 0. The minimum absolute atomic E-state index is 0. The van der Waals surface area contributed by atoms with Gasteiger partial charge in [-0.05, 0) is 0 Å². The Morgan fingerprint density at radius 3 is 1.33 bits per heavy atom. The zero-order chi connectivity index (χ0) is 6.28. The van der Waals surface area contributed by atoms with Gasteiger partial charge in [0.1, 0.15) is 0 Å². The molecule has 0 saturated carbocycles. The Hall–Kier alpha value is 1.98. The van der Waals surface area contributed by atoms with Gasteiger partial charge < -0.3 is 12.0 Å². The van der Waals surface area contributed by atoms with Crippen molar-refractivity contribution >= 4 is 8.25 Å². The number of aliphatic hydroxyl groups is 1. The smallest absolute Gasteiger partial charge is 0.428 e. The summed E-state index contributed by atoms with van der Waals surface area (Å²) < 4.78 is 8.70. The zero-order valence-electron chi connectivity index (χ0n) is 5.61. The molecule has 0 bridgehead atoms. The van der Waals surface area contributed by atoms with E-state index in [0.29, 0.717) is 0 Å². The molecule has 0 aromatic rings. The molecule has 7 heteroatoms. The van der Waals surface area contributed by atoms with Crippen LogP contribution in [0.5, 0.6) is 0 Å². The second-order valence-corrected chi connectivity index (χ2v) is 0.982. The average Bonchev–Trinajstić information content (AvgIpc) is 1.33. The first-order valence-electron chi connectivity index (χ1n) is 1.40. The minimum Gasteiger partial charge on any atom is -0.428 e. The van der Waals surface area contributed by atoms with Crippen LogP contribution in [0.25, 0.3) is 0 Å². The Balaban J connectivity index is -0.0000000233. The number of aliphatic hydroxyl groups excluding tert-OH is 1. The molecule has 0 atom stereocenters. The zero-order valence-corrected chi connectivity index (χ0v) is 10.5. The molecule has 0 aliphatic heterocycles. The normalized spacial score (nSPS) is 4.89. The summed E-state index contributed by atoms with van der Waals surface area (Å²) in [4.78, 5) is 14.2. The SMILES string of the molecule is O=[P+](O)O.[CH2-]CO.[Na+].[Na+]. The van der Waals surface area contributed by atoms with E-state index in [-0.39, 0.29) is 65.7 Å². The molecule has 0 aromatic carbocycles. The van der Waals surface area contributed by atoms with Crippen molar-refractivity contribution < 1.29 is 78.6 Å². The van der Waals surface area contributed by atoms with Gasteiger partial charge in [0.25, 0.3) is 0 Å². The maximum atomic E-state index is 8.70. The third-order valence-electron chi connectivity index (χ3n) is 0. The van der Waals surface area contributed by atoms with E-state index >= 15 is 0 Å². The van der Waals surface area contributed by atoms with Crippen molar-refractivity contribution in [1.29, 1.82) is 0 Å². The summed E-state index contributed by atoms with van der Waals surface area (Å²) in [6, 6.07) is 0. The molecular formula is C2H7Na2O4P+2. The quantitative estimate of drug-likeness (QED) is 0.193. The van der Waals surface area contributed by atoms with E-state index in [4.69, 9.17) is 19.5 Å². The van der Waals surface area contributed by atoms with Crippen LogP contribution in [0.2, 0.25) is 0 Å². The summed E-state index contributed by atoms with van der Waals surface area (Å²) in [7, 11) is -2.87. The first-order chi connectivity index (χ1) is 3.15. The van der Waals surface area contributed by atoms with E-state index in [9.17, 15) is 0 Å². The van der Waals surface area contributed by atoms with E-state index < -0.39 is 8.25 Å². The fourth-order valence-corrected chi connectivity index (χ4v) is 0. The van der Waals surface area contributed by atoms with Crippen LogP contribution in [0, 0.1) is 6.92 Å². The average molecular weight is 172 g/mol. The fourth-order valence-electron chi connectivity index (χ4n) is 0. The Kier molecular flexibility index (Phi) is 56.1. The van der Waals surface area contributed by atoms with Crippen molar-refractivity contribution in [3.8, 4) is 0 Å². The summed E-state index contributed by atoms with van der Waals surface area (Å²) in [5.74, 6) is 0. The third-order valence-corrected chi connectivity index (χ3v) is 0. The second-order valence-electron chi connectivity index (χ2n) is 0.476. The van der Waals surface area contributed by atoms with Crippen LogP contribution in [-0.2, 0) is 4.57 Å². The Labute approximate surface area is 99.2 Å². The van der Waals surface area contributed by atoms with Gasteiger partial charge in [0.15, 0.2) is 0 Å². The molecule has 0 fully saturated rings. The van der Waals surface area contributed by atoms with Crippen LogP contribution in [-0.4, -0.2) is 21.5 Å². The molecule has 0 rings (SSSR count). The van der Waals surface area contributed by atoms with Gasteiger partial charge in [0.2, 0.25) is 0 Å². The molecule has 3 N–H and O–H groups in total. The van der Waals surface area contributed by atoms with Gasteiger partial charge in [-0.25, -0.2) is 0 Å². The van der Waals surface area contributed by atoms with Gasteiger partial charge in [-0.1, -0.05) is 6.61 Å². The molecule has 0 radical (unpaired) electrons. The van der Waals surface area contributed by atoms with E-state index in [1.165, 1.54) is 0 Å². The van der Waals surface area contributed by atoms with Crippen molar-refractivity contribution in [3.05, 3.63) is 6.92 Å². The molecule has 0 heterocycles. The van der Waals surface area contributed by atoms with Crippen LogP contribution in [0.3, 0.4) is 0 Å². The summed E-state index contributed by atoms with van der Waals surface area (Å²) in [6.07, 6.45) is 0. The van der Waals surface area contributed by atoms with E-state index in [2.05, 4.69) is 6.92 Å². The monoisotopic (exact) mass is 172 g/mol. The van der Waals surface area contributed by atoms with Crippen molar-refractivity contribution in [3.63, 3.8) is 0 Å². The standard InChI is InChI=1S/C2H5O.2Na.HO3P/c1-2-3;;;1-4(2)3/h3H,1-2H2;;;(H-,1,2,3)/q-1;2*+1;/p+1. The topological polar surface area (TPSA) is 77.8 Å². The van der Waals surface area contributed by atoms with Gasteiger partial charge >= 0.3 is 67.4 Å². The van der Waals surface area contributed by atoms with Crippen LogP contribution >= 0.6 is 8.25 Å². The van der Waals surface area contributed by atoms with Crippen molar-refractivity contribution in [1.82, 2.24) is 0 Å². The Morgan fingerprint density at radius 1 is 1.33 bits per heavy atom. The summed E-state index contributed by atoms with van der Waals surface area (Å²) >= 11 is 0. The molecule has 0 aliphatic rings. The molecule has 0 spiro atoms. The van der Waals surface area contributed by atoms with Crippen molar-refractivity contribution in [2.45, 2.75) is 0 Å². The van der Waals surface area contributed by atoms with Gasteiger partial charge in [-0.3, -0.25) is 0 Å². The predicted octanol–water partition coefficient (Wildman–Crippen LogP) is -6.55. The predicted molar refractivity (Wildman–Crippen MR) is 24.5 cm³/mol. The first kappa shape index (κ1) is 22.4. The van der Waals surface area contributed by atoms with E-state index in [1.54, 1.807) is 0 Å². The maximum Gasteiger partial charge on any atom is 1.00 e. The minimum atomic E-state index is -2.87. The van der Waals surface area contributed by atoms with E-state index in [1.807, 2.05) is 0 Å². The second kappa shape index (κ2) is 22.5. The number of hydrogen-bond donors (Lipinski definition) is 3. The van der Waals surface area contributed by atoms with Gasteiger partial charge in [0, 0.05) is 4.57 Å². The fraction of sp³-hybridized carbons (Fsp3) is 0.500. The number of rotatable bonds is 0. The van der Waals surface area contributed by atoms with Gasteiger partial charge in [-0.2, -0.15) is 0 Å². The third kappa shape index (κ3) is 162. The molecule has 0 aliphatic carbocycles. The first-order valence-corrected chi connectivity index (χ1v) is 2.56. The Bertz CT molecular complexity index is 47.8. The molecule has 44 valence electrons. The largest absolute Gasteiger partial charge is 1.00 e. The van der Waals surface area contributed by atoms with Gasteiger partial charge in [-0.15, -0.1) is 9.79 Å². The summed E-state index contributed by atoms with van der Waals surface area (Å²) in [6.45, 7) is 3.04. The molecule has 0 saturated heterocycles. The molecular weight excluding hydrogens is 165 g/mol. The summed E-state index contributed by atoms with van der Waals surface area (Å²) in [5, 5.41) is 7.46. The molecule has 9 heavy (non-hydrogen) atoms. The van der Waals surface area contributed by atoms with Crippen molar-refractivity contribution in [2.24, 2.45) is 0 Å². The van der Waals surface area contributed by atoms with Crippen LogP contribution in [0.4, 0.5) is 0 Å². The van der Waals surface area contributed by atoms with Crippen LogP contribution < -0.4 is 59.1 Å². The molecule has 0 amide bonds. The van der Waals surface area contributed by atoms with Gasteiger partial charge in [0.05, 0.1) is 0 Å². The number of hydrogen-bond acceptors (Lipinski definition) is 2. The van der Waals surface area contributed by atoms with Crippen molar-refractivity contribution in [2.75, 3.05) is 6.61 Å². The molecule has 4 nitrogen and oxygen atoms in total. The van der Waals surface area contributed by atoms with Crippen LogP contribution in [0.15, 0.2) is 0 Å². The van der Waals surface area contributed by atoms with E-state index in [0.717, 1.165) is 0 Å². The molecule has 0 unspecified atom stereocenters. The van der Waals surface area contributed by atoms with Crippen LogP contribution in [0.1, 0.15) is 0 Å². The molecule has 0 aromatic heterocycles. The maximum absolute atomic E-state index is 8.70. The Morgan fingerprint density at radius 2 is 1.33 bits per heavy atom.